The second kappa shape index (κ2) is 8.01. The first-order chi connectivity index (χ1) is 11.8. The lowest BCUT2D eigenvalue weighted by Gasteiger charge is -2.13. The van der Waals surface area contributed by atoms with E-state index in [0.29, 0.717) is 0 Å². The van der Waals surface area contributed by atoms with Crippen LogP contribution in [0.1, 0.15) is 21.6 Å². The predicted octanol–water partition coefficient (Wildman–Crippen LogP) is 1.91. The SMILES string of the molecule is Br.Cn1c(C(=O)N=C(N)N)cc2c(C(F)(F)F)ccc(CCP(=O)(O)O)c21. The van der Waals surface area contributed by atoms with Crippen LogP contribution in [0.5, 0.6) is 0 Å². The van der Waals surface area contributed by atoms with Crippen molar-refractivity contribution in [1.82, 2.24) is 4.57 Å². The normalized spacial score (nSPS) is 11.9. The summed E-state index contributed by atoms with van der Waals surface area (Å²) in [5.74, 6) is -1.48. The minimum absolute atomic E-state index is 0. The molecule has 13 heteroatoms. The van der Waals surface area contributed by atoms with E-state index in [2.05, 4.69) is 4.99 Å². The maximum Gasteiger partial charge on any atom is 0.417 e. The van der Waals surface area contributed by atoms with E-state index in [9.17, 15) is 22.5 Å². The summed E-state index contributed by atoms with van der Waals surface area (Å²) >= 11 is 0. The number of carbonyl (C=O) groups excluding carboxylic acids is 1. The number of aromatic nitrogens is 1. The number of hydrogen-bond acceptors (Lipinski definition) is 2. The molecule has 6 N–H and O–H groups in total. The van der Waals surface area contributed by atoms with Crippen LogP contribution in [0.15, 0.2) is 23.2 Å². The van der Waals surface area contributed by atoms with Gasteiger partial charge in [0.1, 0.15) is 5.69 Å². The van der Waals surface area contributed by atoms with Gasteiger partial charge < -0.3 is 25.8 Å². The van der Waals surface area contributed by atoms with E-state index in [1.807, 2.05) is 0 Å². The van der Waals surface area contributed by atoms with E-state index in [0.717, 1.165) is 18.2 Å². The number of rotatable bonds is 4. The van der Waals surface area contributed by atoms with Crippen LogP contribution in [0.2, 0.25) is 0 Å². The lowest BCUT2D eigenvalue weighted by Crippen LogP contribution is -2.24. The Kier molecular flexibility index (Phi) is 6.87. The van der Waals surface area contributed by atoms with Crippen molar-refractivity contribution in [3.8, 4) is 0 Å². The van der Waals surface area contributed by atoms with Crippen molar-refractivity contribution < 1.29 is 32.3 Å². The van der Waals surface area contributed by atoms with E-state index in [4.69, 9.17) is 21.3 Å². The second-order valence-corrected chi connectivity index (χ2v) is 7.38. The van der Waals surface area contributed by atoms with Gasteiger partial charge in [-0.05, 0) is 24.1 Å². The summed E-state index contributed by atoms with van der Waals surface area (Å²) < 4.78 is 52.1. The Morgan fingerprint density at radius 3 is 2.37 bits per heavy atom. The molecule has 1 aromatic carbocycles. The first-order valence-electron chi connectivity index (χ1n) is 7.18. The molecule has 0 radical (unpaired) electrons. The van der Waals surface area contributed by atoms with Gasteiger partial charge in [0, 0.05) is 12.4 Å². The zero-order chi connectivity index (χ0) is 19.9. The molecule has 0 atom stereocenters. The van der Waals surface area contributed by atoms with E-state index >= 15 is 0 Å². The molecule has 1 heterocycles. The van der Waals surface area contributed by atoms with Crippen molar-refractivity contribution in [1.29, 1.82) is 0 Å². The Balaban J connectivity index is 0.00000364. The fraction of sp³-hybridized carbons (Fsp3) is 0.286. The highest BCUT2D eigenvalue weighted by molar-refractivity contribution is 8.93. The number of carbonyl (C=O) groups is 1. The fourth-order valence-corrected chi connectivity index (χ4v) is 3.18. The van der Waals surface area contributed by atoms with Crippen LogP contribution in [-0.2, 0) is 24.2 Å². The molecule has 8 nitrogen and oxygen atoms in total. The lowest BCUT2D eigenvalue weighted by molar-refractivity contribution is -0.136. The number of halogens is 4. The molecule has 0 saturated carbocycles. The summed E-state index contributed by atoms with van der Waals surface area (Å²) in [5.41, 5.74) is 9.37. The minimum atomic E-state index is -4.68. The maximum absolute atomic E-state index is 13.3. The van der Waals surface area contributed by atoms with Gasteiger partial charge in [-0.3, -0.25) is 9.36 Å². The van der Waals surface area contributed by atoms with E-state index in [1.54, 1.807) is 0 Å². The van der Waals surface area contributed by atoms with Crippen molar-refractivity contribution in [2.45, 2.75) is 12.6 Å². The third-order valence-electron chi connectivity index (χ3n) is 3.71. The Bertz CT molecular complexity index is 948. The molecule has 1 aromatic heterocycles. The van der Waals surface area contributed by atoms with Gasteiger partial charge in [-0.25, -0.2) is 0 Å². The van der Waals surface area contributed by atoms with Crippen LogP contribution < -0.4 is 11.5 Å². The van der Waals surface area contributed by atoms with Gasteiger partial charge in [0.05, 0.1) is 17.2 Å². The first-order valence-corrected chi connectivity index (χ1v) is 8.98. The van der Waals surface area contributed by atoms with Gasteiger partial charge in [0.15, 0.2) is 5.96 Å². The average molecular weight is 473 g/mol. The van der Waals surface area contributed by atoms with Crippen LogP contribution in [0.3, 0.4) is 0 Å². The fourth-order valence-electron chi connectivity index (χ4n) is 2.64. The zero-order valence-corrected chi connectivity index (χ0v) is 16.5. The number of hydrogen-bond donors (Lipinski definition) is 4. The molecule has 0 bridgehead atoms. The monoisotopic (exact) mass is 472 g/mol. The minimum Gasteiger partial charge on any atom is -0.370 e. The number of amides is 1. The summed E-state index contributed by atoms with van der Waals surface area (Å²) in [4.78, 5) is 33.4. The predicted molar refractivity (Wildman–Crippen MR) is 99.0 cm³/mol. The molecular formula is C14H17BrF3N4O4P. The lowest BCUT2D eigenvalue weighted by atomic mass is 10.0. The van der Waals surface area contributed by atoms with Gasteiger partial charge in [-0.1, -0.05) is 6.07 Å². The molecule has 27 heavy (non-hydrogen) atoms. The van der Waals surface area contributed by atoms with Crippen molar-refractivity contribution in [2.24, 2.45) is 23.5 Å². The van der Waals surface area contributed by atoms with Gasteiger partial charge in [-0.15, -0.1) is 17.0 Å². The summed E-state index contributed by atoms with van der Waals surface area (Å²) in [7, 11) is -3.01. The number of aliphatic imine (C=N–C) groups is 1. The number of guanidine groups is 1. The molecule has 1 amide bonds. The highest BCUT2D eigenvalue weighted by Gasteiger charge is 2.34. The average Bonchev–Trinajstić information content (AvgIpc) is 2.80. The van der Waals surface area contributed by atoms with E-state index in [1.165, 1.54) is 11.6 Å². The van der Waals surface area contributed by atoms with Crippen LogP contribution >= 0.6 is 24.6 Å². The third kappa shape index (κ3) is 5.32. The Morgan fingerprint density at radius 2 is 1.89 bits per heavy atom. The summed E-state index contributed by atoms with van der Waals surface area (Å²) in [6.07, 6.45) is -5.40. The number of nitrogens with two attached hydrogens (primary N) is 2. The van der Waals surface area contributed by atoms with Crippen molar-refractivity contribution >= 4 is 47.3 Å². The highest BCUT2D eigenvalue weighted by Crippen LogP contribution is 2.39. The quantitative estimate of drug-likeness (QED) is 0.304. The molecule has 2 rings (SSSR count). The van der Waals surface area contributed by atoms with Crippen molar-refractivity contribution in [3.63, 3.8) is 0 Å². The van der Waals surface area contributed by atoms with Crippen LogP contribution in [0.25, 0.3) is 10.9 Å². The number of aryl methyl sites for hydroxylation is 2. The molecule has 2 aromatic rings. The topological polar surface area (TPSA) is 144 Å². The molecular weight excluding hydrogens is 456 g/mol. The number of nitrogens with zero attached hydrogens (tertiary/aromatic N) is 2. The third-order valence-corrected chi connectivity index (χ3v) is 4.51. The van der Waals surface area contributed by atoms with Gasteiger partial charge >= 0.3 is 13.8 Å². The highest BCUT2D eigenvalue weighted by atomic mass is 79.9. The van der Waals surface area contributed by atoms with Crippen LogP contribution in [0, 0.1) is 0 Å². The molecule has 0 fully saturated rings. The number of fused-ring (bicyclic) bond motifs is 1. The number of benzene rings is 1. The van der Waals surface area contributed by atoms with Crippen molar-refractivity contribution in [2.75, 3.05) is 6.16 Å². The summed E-state index contributed by atoms with van der Waals surface area (Å²) in [5, 5.41) is -0.280. The molecule has 0 spiro atoms. The molecule has 0 aliphatic rings. The summed E-state index contributed by atoms with van der Waals surface area (Å²) in [6, 6.07) is 2.95. The van der Waals surface area contributed by atoms with Gasteiger partial charge in [0.25, 0.3) is 5.91 Å². The van der Waals surface area contributed by atoms with Crippen molar-refractivity contribution in [3.05, 3.63) is 35.0 Å². The molecule has 150 valence electrons. The zero-order valence-electron chi connectivity index (χ0n) is 13.9. The molecule has 0 saturated heterocycles. The largest absolute Gasteiger partial charge is 0.417 e. The first kappa shape index (κ1) is 23.2. The molecule has 0 aliphatic heterocycles. The number of alkyl halides is 3. The van der Waals surface area contributed by atoms with Crippen LogP contribution in [-0.4, -0.2) is 32.4 Å². The van der Waals surface area contributed by atoms with Gasteiger partial charge in [-0.2, -0.15) is 18.2 Å². The Labute approximate surface area is 162 Å². The Morgan fingerprint density at radius 1 is 1.30 bits per heavy atom. The summed E-state index contributed by atoms with van der Waals surface area (Å²) in [6.45, 7) is 0. The van der Waals surface area contributed by atoms with Crippen LogP contribution in [0.4, 0.5) is 13.2 Å². The standard InChI is InChI=1S/C14H16F3N4O4P.BrH/c1-21-10(12(22)20-13(18)19)6-8-9(14(15,16)17)3-2-7(11(8)21)4-5-26(23,24)25;/h2-3,6H,4-5H2,1H3,(H2,23,24,25)(H4,18,19,20,22);1H. The van der Waals surface area contributed by atoms with Gasteiger partial charge in [0.2, 0.25) is 0 Å². The molecule has 0 unspecified atom stereocenters. The van der Waals surface area contributed by atoms with E-state index < -0.39 is 37.4 Å². The van der Waals surface area contributed by atoms with E-state index in [-0.39, 0.29) is 45.6 Å². The Hall–Kier alpha value is -1.88. The molecule has 0 aliphatic carbocycles. The second-order valence-electron chi connectivity index (χ2n) is 5.60. The maximum atomic E-state index is 13.3. The smallest absolute Gasteiger partial charge is 0.370 e.